The minimum absolute atomic E-state index is 0.0618. The molecule has 144 valence electrons. The van der Waals surface area contributed by atoms with Crippen LogP contribution in [-0.2, 0) is 9.53 Å². The number of nitrogens with zero attached hydrogens (tertiary/aromatic N) is 2. The molecule has 1 N–H and O–H groups in total. The third kappa shape index (κ3) is 2.96. The van der Waals surface area contributed by atoms with Gasteiger partial charge in [-0.25, -0.2) is 0 Å². The van der Waals surface area contributed by atoms with E-state index >= 15 is 0 Å². The summed E-state index contributed by atoms with van der Waals surface area (Å²) in [5, 5.41) is 0.889. The second-order valence-electron chi connectivity index (χ2n) is 7.40. The first-order valence-corrected chi connectivity index (χ1v) is 9.31. The topological polar surface area (TPSA) is 74.9 Å². The van der Waals surface area contributed by atoms with E-state index in [0.717, 1.165) is 36.0 Å². The Hall–Kier alpha value is -2.54. The number of carbonyl (C=O) groups excluding carboxylic acids is 2. The van der Waals surface area contributed by atoms with Crippen LogP contribution in [0.25, 0.3) is 10.9 Å². The molecule has 2 aliphatic rings. The van der Waals surface area contributed by atoms with Crippen molar-refractivity contribution >= 4 is 22.7 Å². The van der Waals surface area contributed by atoms with Crippen LogP contribution in [0.3, 0.4) is 0 Å². The molecule has 1 spiro atoms. The molecule has 3 heterocycles. The Labute approximate surface area is 158 Å². The number of aromatic nitrogens is 1. The molecule has 1 aromatic carbocycles. The number of carbonyl (C=O) groups is 2. The molecule has 27 heavy (non-hydrogen) atoms. The third-order valence-electron chi connectivity index (χ3n) is 5.88. The Kier molecular flexibility index (Phi) is 4.55. The summed E-state index contributed by atoms with van der Waals surface area (Å²) in [5.74, 6) is 0.835. The smallest absolute Gasteiger partial charge is 0.270 e. The lowest BCUT2D eigenvalue weighted by atomic mass is 9.85. The van der Waals surface area contributed by atoms with Crippen LogP contribution in [-0.4, -0.2) is 73.6 Å². The number of ether oxygens (including phenoxy) is 2. The molecule has 0 saturated carbocycles. The molecule has 1 atom stereocenters. The van der Waals surface area contributed by atoms with Crippen LogP contribution in [0, 0.1) is 5.41 Å². The van der Waals surface area contributed by atoms with Gasteiger partial charge in [-0.05, 0) is 31.0 Å². The van der Waals surface area contributed by atoms with Crippen LogP contribution in [0.1, 0.15) is 23.3 Å². The fourth-order valence-electron chi connectivity index (χ4n) is 4.32. The van der Waals surface area contributed by atoms with Gasteiger partial charge in [0, 0.05) is 44.2 Å². The molecular formula is C20H25N3O4. The maximum absolute atomic E-state index is 13.0. The minimum Gasteiger partial charge on any atom is -0.496 e. The predicted octanol–water partition coefficient (Wildman–Crippen LogP) is 1.89. The molecule has 1 unspecified atom stereocenters. The van der Waals surface area contributed by atoms with Gasteiger partial charge in [-0.3, -0.25) is 9.59 Å². The lowest BCUT2D eigenvalue weighted by Crippen LogP contribution is -2.39. The molecular weight excluding hydrogens is 346 g/mol. The first-order chi connectivity index (χ1) is 13.1. The molecule has 0 bridgehead atoms. The zero-order valence-corrected chi connectivity index (χ0v) is 15.8. The Morgan fingerprint density at radius 1 is 1.26 bits per heavy atom. The zero-order valence-electron chi connectivity index (χ0n) is 15.8. The van der Waals surface area contributed by atoms with E-state index in [1.165, 1.54) is 0 Å². The summed E-state index contributed by atoms with van der Waals surface area (Å²) >= 11 is 0. The summed E-state index contributed by atoms with van der Waals surface area (Å²) in [5.41, 5.74) is 0.982. The summed E-state index contributed by atoms with van der Waals surface area (Å²) in [4.78, 5) is 32.8. The van der Waals surface area contributed by atoms with Gasteiger partial charge in [-0.1, -0.05) is 6.07 Å². The van der Waals surface area contributed by atoms with Crippen LogP contribution in [0.5, 0.6) is 5.75 Å². The zero-order chi connectivity index (χ0) is 19.0. The molecule has 2 aliphatic heterocycles. The molecule has 7 heteroatoms. The van der Waals surface area contributed by atoms with Crippen molar-refractivity contribution < 1.29 is 19.1 Å². The third-order valence-corrected chi connectivity index (χ3v) is 5.88. The summed E-state index contributed by atoms with van der Waals surface area (Å²) in [6, 6.07) is 7.53. The average Bonchev–Trinajstić information content (AvgIpc) is 3.38. The normalized spacial score (nSPS) is 22.4. The quantitative estimate of drug-likeness (QED) is 0.871. The molecule has 2 amide bonds. The summed E-state index contributed by atoms with van der Waals surface area (Å²) in [7, 11) is 3.26. The van der Waals surface area contributed by atoms with E-state index in [1.54, 1.807) is 19.1 Å². The van der Waals surface area contributed by atoms with Crippen LogP contribution >= 0.6 is 0 Å². The summed E-state index contributed by atoms with van der Waals surface area (Å²) in [6.45, 7) is 3.00. The first kappa shape index (κ1) is 17.9. The van der Waals surface area contributed by atoms with E-state index < -0.39 is 5.41 Å². The van der Waals surface area contributed by atoms with Crippen molar-refractivity contribution in [3.63, 3.8) is 0 Å². The van der Waals surface area contributed by atoms with E-state index in [1.807, 2.05) is 29.2 Å². The van der Waals surface area contributed by atoms with E-state index in [0.29, 0.717) is 31.9 Å². The fraction of sp³-hybridized carbons (Fsp3) is 0.500. The number of H-pyrrole nitrogens is 1. The largest absolute Gasteiger partial charge is 0.496 e. The highest BCUT2D eigenvalue weighted by Gasteiger charge is 2.51. The molecule has 0 aliphatic carbocycles. The van der Waals surface area contributed by atoms with Crippen molar-refractivity contribution in [1.29, 1.82) is 0 Å². The highest BCUT2D eigenvalue weighted by Crippen LogP contribution is 2.41. The predicted molar refractivity (Wildman–Crippen MR) is 101 cm³/mol. The average molecular weight is 371 g/mol. The van der Waals surface area contributed by atoms with Crippen LogP contribution < -0.4 is 4.74 Å². The Morgan fingerprint density at radius 2 is 2.07 bits per heavy atom. The van der Waals surface area contributed by atoms with Crippen molar-refractivity contribution in [2.24, 2.45) is 5.41 Å². The van der Waals surface area contributed by atoms with Gasteiger partial charge in [0.05, 0.1) is 19.1 Å². The van der Waals surface area contributed by atoms with Crippen molar-refractivity contribution in [3.05, 3.63) is 30.0 Å². The summed E-state index contributed by atoms with van der Waals surface area (Å²) < 4.78 is 10.5. The fourth-order valence-corrected chi connectivity index (χ4v) is 4.32. The minimum atomic E-state index is -0.424. The Bertz CT molecular complexity index is 877. The molecule has 7 nitrogen and oxygen atoms in total. The van der Waals surface area contributed by atoms with E-state index in [4.69, 9.17) is 9.47 Å². The number of hydrogen-bond acceptors (Lipinski definition) is 4. The van der Waals surface area contributed by atoms with Gasteiger partial charge in [-0.15, -0.1) is 0 Å². The van der Waals surface area contributed by atoms with Crippen molar-refractivity contribution in [3.8, 4) is 5.75 Å². The molecule has 2 aromatic rings. The number of fused-ring (bicyclic) bond motifs is 1. The van der Waals surface area contributed by atoms with Gasteiger partial charge in [0.2, 0.25) is 5.91 Å². The van der Waals surface area contributed by atoms with Crippen molar-refractivity contribution in [2.45, 2.75) is 12.8 Å². The van der Waals surface area contributed by atoms with E-state index in [-0.39, 0.29) is 11.8 Å². The summed E-state index contributed by atoms with van der Waals surface area (Å²) in [6.07, 6.45) is 1.53. The lowest BCUT2D eigenvalue weighted by Gasteiger charge is -2.23. The second kappa shape index (κ2) is 6.88. The number of nitrogens with one attached hydrogen (secondary N) is 1. The lowest BCUT2D eigenvalue weighted by molar-refractivity contribution is -0.135. The number of hydrogen-bond donors (Lipinski definition) is 1. The Morgan fingerprint density at radius 3 is 2.85 bits per heavy atom. The monoisotopic (exact) mass is 371 g/mol. The van der Waals surface area contributed by atoms with Crippen molar-refractivity contribution in [2.75, 3.05) is 47.0 Å². The maximum Gasteiger partial charge on any atom is 0.270 e. The number of aromatic amines is 1. The van der Waals surface area contributed by atoms with Gasteiger partial charge in [-0.2, -0.15) is 0 Å². The van der Waals surface area contributed by atoms with Gasteiger partial charge in [0.15, 0.2) is 0 Å². The second-order valence-corrected chi connectivity index (χ2v) is 7.40. The van der Waals surface area contributed by atoms with Gasteiger partial charge >= 0.3 is 0 Å². The van der Waals surface area contributed by atoms with E-state index in [2.05, 4.69) is 4.98 Å². The molecule has 1 aromatic heterocycles. The maximum atomic E-state index is 13.0. The van der Waals surface area contributed by atoms with E-state index in [9.17, 15) is 9.59 Å². The Balaban J connectivity index is 1.51. The number of methoxy groups -OCH3 is 2. The number of amides is 2. The number of benzene rings is 1. The van der Waals surface area contributed by atoms with Gasteiger partial charge in [0.1, 0.15) is 11.4 Å². The molecule has 4 rings (SSSR count). The highest BCUT2D eigenvalue weighted by atomic mass is 16.5. The van der Waals surface area contributed by atoms with Crippen LogP contribution in [0.2, 0.25) is 0 Å². The highest BCUT2D eigenvalue weighted by molar-refractivity contribution is 6.00. The van der Waals surface area contributed by atoms with Gasteiger partial charge in [0.25, 0.3) is 5.91 Å². The number of likely N-dealkylation sites (tertiary alicyclic amines) is 2. The van der Waals surface area contributed by atoms with Crippen molar-refractivity contribution in [1.82, 2.24) is 14.8 Å². The molecule has 0 radical (unpaired) electrons. The first-order valence-electron chi connectivity index (χ1n) is 9.31. The van der Waals surface area contributed by atoms with Crippen LogP contribution in [0.15, 0.2) is 24.3 Å². The molecule has 2 saturated heterocycles. The standard InChI is InChI=1S/C20H25N3O4/c1-26-11-10-22-8-6-20(19(22)25)7-9-23(13-20)18(24)16-12-14-15(21-16)4-3-5-17(14)27-2/h3-5,12,21H,6-11,13H2,1-2H3. The molecule has 2 fully saturated rings. The van der Waals surface area contributed by atoms with Gasteiger partial charge < -0.3 is 24.3 Å². The SMILES string of the molecule is COCCN1CCC2(CCN(C(=O)c3cc4c(OC)cccc4[nH]3)C2)C1=O. The van der Waals surface area contributed by atoms with Crippen LogP contribution in [0.4, 0.5) is 0 Å². The number of rotatable bonds is 5.